The van der Waals surface area contributed by atoms with Gasteiger partial charge in [0.2, 0.25) is 0 Å². The summed E-state index contributed by atoms with van der Waals surface area (Å²) < 4.78 is 6.40. The number of halogens is 1. The molecule has 0 spiro atoms. The molecule has 1 N–H and O–H groups in total. The molecule has 4 nitrogen and oxygen atoms in total. The van der Waals surface area contributed by atoms with Gasteiger partial charge in [0.1, 0.15) is 5.76 Å². The Kier molecular flexibility index (Phi) is 4.53. The largest absolute Gasteiger partial charge is 0.459 e. The molecule has 0 radical (unpaired) electrons. The Balaban J connectivity index is 1.78. The topological polar surface area (TPSA) is 65.9 Å². The number of rotatable bonds is 2. The predicted molar refractivity (Wildman–Crippen MR) is 121 cm³/mol. The van der Waals surface area contributed by atoms with Crippen molar-refractivity contribution in [3.05, 3.63) is 87.8 Å². The number of hydrogen-bond acceptors (Lipinski definition) is 3. The summed E-state index contributed by atoms with van der Waals surface area (Å²) in [5.41, 5.74) is 3.42. The van der Waals surface area contributed by atoms with Crippen LogP contribution in [0.3, 0.4) is 0 Å². The highest BCUT2D eigenvalue weighted by Crippen LogP contribution is 2.51. The number of ketones is 1. The van der Waals surface area contributed by atoms with Gasteiger partial charge in [0.15, 0.2) is 11.5 Å². The molecule has 3 aromatic rings. The van der Waals surface area contributed by atoms with E-state index in [4.69, 9.17) is 16.3 Å². The number of Topliss-reactive ketones (excluding diaryl/α,β-unsaturated/α-hetero) is 1. The van der Waals surface area contributed by atoms with Crippen LogP contribution in [-0.2, 0) is 9.53 Å². The maximum Gasteiger partial charge on any atom is 0.163 e. The standard InChI is InChI=1S/C26H21ClN2O2/c1-26(2)11-21(30)24-22(12-26)31-25(19-14-29-20-9-4-3-8-17(19)20)18(13-28)23(24)15-6-5-7-16(27)10-15/h3-10,14,23,29H,11-12H2,1-2H3. The molecule has 31 heavy (non-hydrogen) atoms. The van der Waals surface area contributed by atoms with Crippen LogP contribution in [0.2, 0.25) is 5.02 Å². The summed E-state index contributed by atoms with van der Waals surface area (Å²) in [4.78, 5) is 16.5. The van der Waals surface area contributed by atoms with Crippen LogP contribution >= 0.6 is 11.6 Å². The maximum absolute atomic E-state index is 13.3. The molecule has 2 heterocycles. The minimum Gasteiger partial charge on any atom is -0.459 e. The van der Waals surface area contributed by atoms with Crippen LogP contribution in [0, 0.1) is 16.7 Å². The molecule has 1 aliphatic carbocycles. The van der Waals surface area contributed by atoms with E-state index in [9.17, 15) is 10.1 Å². The van der Waals surface area contributed by atoms with E-state index in [0.29, 0.717) is 40.5 Å². The van der Waals surface area contributed by atoms with Crippen LogP contribution < -0.4 is 0 Å². The van der Waals surface area contributed by atoms with Crippen molar-refractivity contribution in [2.75, 3.05) is 0 Å². The fourth-order valence-electron chi connectivity index (χ4n) is 4.74. The number of nitriles is 1. The van der Waals surface area contributed by atoms with Crippen molar-refractivity contribution in [1.82, 2.24) is 4.98 Å². The first-order valence-electron chi connectivity index (χ1n) is 10.3. The highest BCUT2D eigenvalue weighted by molar-refractivity contribution is 6.30. The molecule has 0 saturated carbocycles. The molecule has 1 unspecified atom stereocenters. The molecule has 1 atom stereocenters. The van der Waals surface area contributed by atoms with Crippen molar-refractivity contribution in [3.63, 3.8) is 0 Å². The van der Waals surface area contributed by atoms with E-state index in [1.54, 1.807) is 6.07 Å². The van der Waals surface area contributed by atoms with Crippen LogP contribution in [0.4, 0.5) is 0 Å². The molecule has 0 saturated heterocycles. The number of hydrogen-bond donors (Lipinski definition) is 1. The Bertz CT molecular complexity index is 1340. The number of fused-ring (bicyclic) bond motifs is 1. The van der Waals surface area contributed by atoms with Crippen molar-refractivity contribution in [2.45, 2.75) is 32.6 Å². The van der Waals surface area contributed by atoms with Gasteiger partial charge in [0.25, 0.3) is 0 Å². The van der Waals surface area contributed by atoms with Gasteiger partial charge in [-0.1, -0.05) is 55.8 Å². The van der Waals surface area contributed by atoms with Crippen molar-refractivity contribution in [2.24, 2.45) is 5.41 Å². The summed E-state index contributed by atoms with van der Waals surface area (Å²) >= 11 is 6.29. The summed E-state index contributed by atoms with van der Waals surface area (Å²) in [6, 6.07) is 17.7. The van der Waals surface area contributed by atoms with E-state index >= 15 is 0 Å². The first-order chi connectivity index (χ1) is 14.9. The second kappa shape index (κ2) is 7.14. The van der Waals surface area contributed by atoms with Crippen molar-refractivity contribution in [3.8, 4) is 6.07 Å². The molecular formula is C26H21ClN2O2. The Labute approximate surface area is 185 Å². The molecule has 2 aromatic carbocycles. The summed E-state index contributed by atoms with van der Waals surface area (Å²) in [6.07, 6.45) is 2.93. The van der Waals surface area contributed by atoms with Gasteiger partial charge >= 0.3 is 0 Å². The minimum atomic E-state index is -0.500. The zero-order valence-corrected chi connectivity index (χ0v) is 18.1. The first-order valence-corrected chi connectivity index (χ1v) is 10.7. The number of allylic oxidation sites excluding steroid dienone is 3. The summed E-state index contributed by atoms with van der Waals surface area (Å²) in [7, 11) is 0. The van der Waals surface area contributed by atoms with E-state index in [2.05, 4.69) is 24.9 Å². The molecule has 2 aliphatic rings. The summed E-state index contributed by atoms with van der Waals surface area (Å²) in [5, 5.41) is 11.8. The molecular weight excluding hydrogens is 408 g/mol. The fraction of sp³-hybridized carbons (Fsp3) is 0.231. The smallest absolute Gasteiger partial charge is 0.163 e. The number of benzene rings is 2. The number of ether oxygens (including phenoxy) is 1. The van der Waals surface area contributed by atoms with E-state index in [0.717, 1.165) is 22.0 Å². The Morgan fingerprint density at radius 2 is 1.97 bits per heavy atom. The Morgan fingerprint density at radius 1 is 1.16 bits per heavy atom. The highest BCUT2D eigenvalue weighted by atomic mass is 35.5. The molecule has 1 aromatic heterocycles. The summed E-state index contributed by atoms with van der Waals surface area (Å²) in [5.74, 6) is 0.696. The number of H-pyrrole nitrogens is 1. The van der Waals surface area contributed by atoms with Gasteiger partial charge in [0, 0.05) is 46.1 Å². The molecule has 0 amide bonds. The number of nitrogens with zero attached hydrogens (tertiary/aromatic N) is 1. The quantitative estimate of drug-likeness (QED) is 0.505. The van der Waals surface area contributed by atoms with Gasteiger partial charge in [-0.15, -0.1) is 0 Å². The number of aromatic nitrogens is 1. The van der Waals surface area contributed by atoms with E-state index in [1.807, 2.05) is 48.7 Å². The molecule has 0 bridgehead atoms. The molecule has 154 valence electrons. The van der Waals surface area contributed by atoms with Crippen LogP contribution in [0.15, 0.2) is 71.6 Å². The molecule has 5 heteroatoms. The van der Waals surface area contributed by atoms with E-state index in [1.165, 1.54) is 0 Å². The van der Waals surface area contributed by atoms with Crippen LogP contribution in [0.25, 0.3) is 16.7 Å². The van der Waals surface area contributed by atoms with Crippen LogP contribution in [-0.4, -0.2) is 10.8 Å². The fourth-order valence-corrected chi connectivity index (χ4v) is 4.94. The monoisotopic (exact) mass is 428 g/mol. The highest BCUT2D eigenvalue weighted by Gasteiger charge is 2.43. The van der Waals surface area contributed by atoms with Gasteiger partial charge in [0.05, 0.1) is 17.6 Å². The van der Waals surface area contributed by atoms with Gasteiger partial charge in [-0.05, 0) is 29.2 Å². The molecule has 1 aliphatic heterocycles. The zero-order valence-electron chi connectivity index (χ0n) is 17.3. The maximum atomic E-state index is 13.3. The van der Waals surface area contributed by atoms with E-state index < -0.39 is 5.92 Å². The van der Waals surface area contributed by atoms with Crippen molar-refractivity contribution in [1.29, 1.82) is 5.26 Å². The lowest BCUT2D eigenvalue weighted by Gasteiger charge is -2.38. The predicted octanol–water partition coefficient (Wildman–Crippen LogP) is 6.51. The van der Waals surface area contributed by atoms with Crippen LogP contribution in [0.5, 0.6) is 0 Å². The first kappa shape index (κ1) is 19.7. The molecule has 5 rings (SSSR count). The van der Waals surface area contributed by atoms with Gasteiger partial charge < -0.3 is 9.72 Å². The number of aromatic amines is 1. The number of carbonyl (C=O) groups is 1. The zero-order chi connectivity index (χ0) is 21.8. The van der Waals surface area contributed by atoms with Gasteiger partial charge in [-0.25, -0.2) is 0 Å². The van der Waals surface area contributed by atoms with Gasteiger partial charge in [-0.3, -0.25) is 4.79 Å². The van der Waals surface area contributed by atoms with Crippen molar-refractivity contribution >= 4 is 34.0 Å². The third kappa shape index (κ3) is 3.26. The lowest BCUT2D eigenvalue weighted by Crippen LogP contribution is -2.32. The lowest BCUT2D eigenvalue weighted by molar-refractivity contribution is -0.118. The number of nitrogens with one attached hydrogen (secondary N) is 1. The second-order valence-electron chi connectivity index (χ2n) is 8.97. The number of para-hydroxylation sites is 1. The second-order valence-corrected chi connectivity index (χ2v) is 9.41. The number of carbonyl (C=O) groups excluding carboxylic acids is 1. The average molecular weight is 429 g/mol. The third-order valence-electron chi connectivity index (χ3n) is 6.06. The Hall–Kier alpha value is -3.29. The van der Waals surface area contributed by atoms with Crippen molar-refractivity contribution < 1.29 is 9.53 Å². The normalized spacial score (nSPS) is 20.5. The average Bonchev–Trinajstić information content (AvgIpc) is 3.15. The SMILES string of the molecule is CC1(C)CC(=O)C2=C(C1)OC(c1c[nH]c3ccccc13)=C(C#N)C2c1cccc(Cl)c1. The third-order valence-corrected chi connectivity index (χ3v) is 6.30. The van der Waals surface area contributed by atoms with Gasteiger partial charge in [-0.2, -0.15) is 5.26 Å². The van der Waals surface area contributed by atoms with Crippen LogP contribution in [0.1, 0.15) is 43.7 Å². The van der Waals surface area contributed by atoms with E-state index in [-0.39, 0.29) is 11.2 Å². The minimum absolute atomic E-state index is 0.0296. The lowest BCUT2D eigenvalue weighted by atomic mass is 9.70. The summed E-state index contributed by atoms with van der Waals surface area (Å²) in [6.45, 7) is 4.14. The molecule has 0 fully saturated rings. The Morgan fingerprint density at radius 3 is 2.74 bits per heavy atom.